The van der Waals surface area contributed by atoms with Gasteiger partial charge in [0.05, 0.1) is 6.21 Å². The van der Waals surface area contributed by atoms with Crippen molar-refractivity contribution in [2.24, 2.45) is 5.10 Å². The minimum absolute atomic E-state index is 0.270. The van der Waals surface area contributed by atoms with Crippen molar-refractivity contribution < 1.29 is 4.74 Å². The van der Waals surface area contributed by atoms with E-state index in [-0.39, 0.29) is 6.61 Å². The normalized spacial score (nSPS) is 9.78. The van der Waals surface area contributed by atoms with Gasteiger partial charge in [-0.1, -0.05) is 5.92 Å². The lowest BCUT2D eigenvalue weighted by Gasteiger charge is -2.03. The van der Waals surface area contributed by atoms with E-state index in [1.165, 1.54) is 0 Å². The third kappa shape index (κ3) is 5.32. The molecule has 0 amide bonds. The van der Waals surface area contributed by atoms with Crippen LogP contribution in [0.3, 0.4) is 0 Å². The minimum Gasteiger partial charge on any atom is -0.481 e. The summed E-state index contributed by atoms with van der Waals surface area (Å²) in [5.41, 5.74) is 3.65. The SMILES string of the molecule is C#CCOc1ccc(/C=N\NC(=S)NCC)cc1. The zero-order valence-electron chi connectivity index (χ0n) is 10.1. The average molecular weight is 261 g/mol. The maximum absolute atomic E-state index is 5.26. The summed E-state index contributed by atoms with van der Waals surface area (Å²) in [6, 6.07) is 7.43. The molecular formula is C13H15N3OS. The molecule has 0 aliphatic carbocycles. The number of thiocarbonyl (C=S) groups is 1. The fourth-order valence-electron chi connectivity index (χ4n) is 1.14. The molecule has 0 fully saturated rings. The molecule has 0 saturated carbocycles. The summed E-state index contributed by atoms with van der Waals surface area (Å²) in [5, 5.41) is 7.43. The fraction of sp³-hybridized carbons (Fsp3) is 0.231. The summed E-state index contributed by atoms with van der Waals surface area (Å²) in [7, 11) is 0. The first-order chi connectivity index (χ1) is 8.76. The summed E-state index contributed by atoms with van der Waals surface area (Å²) < 4.78 is 5.26. The average Bonchev–Trinajstić information content (AvgIpc) is 2.38. The number of terminal acetylenes is 1. The Morgan fingerprint density at radius 2 is 2.22 bits per heavy atom. The van der Waals surface area contributed by atoms with Gasteiger partial charge >= 0.3 is 0 Å². The van der Waals surface area contributed by atoms with Crippen LogP contribution in [0, 0.1) is 12.3 Å². The number of rotatable bonds is 5. The second-order valence-corrected chi connectivity index (χ2v) is 3.70. The number of nitrogens with zero attached hydrogens (tertiary/aromatic N) is 1. The molecule has 1 aromatic carbocycles. The molecule has 0 heterocycles. The first kappa shape index (κ1) is 14.0. The summed E-state index contributed by atoms with van der Waals surface area (Å²) in [6.45, 7) is 3.00. The molecule has 1 aromatic rings. The van der Waals surface area contributed by atoms with Crippen LogP contribution in [0.5, 0.6) is 5.75 Å². The summed E-state index contributed by atoms with van der Waals surface area (Å²) in [5.74, 6) is 3.15. The Labute approximate surface area is 112 Å². The van der Waals surface area contributed by atoms with Crippen LogP contribution in [-0.4, -0.2) is 24.5 Å². The fourth-order valence-corrected chi connectivity index (χ4v) is 1.34. The first-order valence-corrected chi connectivity index (χ1v) is 5.90. The molecule has 2 N–H and O–H groups in total. The maximum atomic E-state index is 5.26. The van der Waals surface area contributed by atoms with Gasteiger partial charge in [0.2, 0.25) is 0 Å². The van der Waals surface area contributed by atoms with Crippen LogP contribution < -0.4 is 15.5 Å². The van der Waals surface area contributed by atoms with Crippen molar-refractivity contribution in [2.75, 3.05) is 13.2 Å². The van der Waals surface area contributed by atoms with Crippen molar-refractivity contribution in [2.45, 2.75) is 6.92 Å². The molecule has 0 saturated heterocycles. The lowest BCUT2D eigenvalue weighted by molar-refractivity contribution is 0.370. The highest BCUT2D eigenvalue weighted by molar-refractivity contribution is 7.80. The Balaban J connectivity index is 2.46. The van der Waals surface area contributed by atoms with E-state index in [0.717, 1.165) is 17.9 Å². The monoisotopic (exact) mass is 261 g/mol. The molecule has 0 spiro atoms. The summed E-state index contributed by atoms with van der Waals surface area (Å²) in [6.07, 6.45) is 6.78. The third-order valence-electron chi connectivity index (χ3n) is 1.92. The Hall–Kier alpha value is -2.06. The van der Waals surface area contributed by atoms with Crippen LogP contribution in [0.2, 0.25) is 0 Å². The molecule has 0 bridgehead atoms. The van der Waals surface area contributed by atoms with Gasteiger partial charge in [-0.15, -0.1) is 6.42 Å². The van der Waals surface area contributed by atoms with Crippen LogP contribution in [0.15, 0.2) is 29.4 Å². The number of hydrogen-bond acceptors (Lipinski definition) is 3. The number of hydrazone groups is 1. The number of nitrogens with one attached hydrogen (secondary N) is 2. The molecule has 0 atom stereocenters. The van der Waals surface area contributed by atoms with Crippen molar-refractivity contribution in [1.29, 1.82) is 0 Å². The van der Waals surface area contributed by atoms with Gasteiger partial charge in [0.15, 0.2) is 5.11 Å². The van der Waals surface area contributed by atoms with Crippen molar-refractivity contribution in [3.63, 3.8) is 0 Å². The Morgan fingerprint density at radius 3 is 2.83 bits per heavy atom. The van der Waals surface area contributed by atoms with Gasteiger partial charge in [-0.25, -0.2) is 0 Å². The zero-order valence-corrected chi connectivity index (χ0v) is 11.0. The predicted molar refractivity (Wildman–Crippen MR) is 77.8 cm³/mol. The van der Waals surface area contributed by atoms with E-state index in [1.807, 2.05) is 31.2 Å². The molecule has 5 heteroatoms. The molecule has 0 aliphatic heterocycles. The molecule has 0 aliphatic rings. The summed E-state index contributed by atoms with van der Waals surface area (Å²) in [4.78, 5) is 0. The molecule has 4 nitrogen and oxygen atoms in total. The standard InChI is InChI=1S/C13H15N3OS/c1-3-9-17-12-7-5-11(6-8-12)10-15-16-13(18)14-4-2/h1,5-8,10H,4,9H2,2H3,(H2,14,16,18)/b15-10-. The number of benzene rings is 1. The quantitative estimate of drug-likeness (QED) is 0.365. The lowest BCUT2D eigenvalue weighted by Crippen LogP contribution is -2.31. The highest BCUT2D eigenvalue weighted by Crippen LogP contribution is 2.10. The highest BCUT2D eigenvalue weighted by Gasteiger charge is 1.93. The third-order valence-corrected chi connectivity index (χ3v) is 2.15. The van der Waals surface area contributed by atoms with Gasteiger partial charge in [-0.3, -0.25) is 5.43 Å². The van der Waals surface area contributed by atoms with Gasteiger partial charge < -0.3 is 10.1 Å². The van der Waals surface area contributed by atoms with Crippen LogP contribution >= 0.6 is 12.2 Å². The van der Waals surface area contributed by atoms with E-state index < -0.39 is 0 Å². The molecule has 0 unspecified atom stereocenters. The van der Waals surface area contributed by atoms with Crippen LogP contribution in [-0.2, 0) is 0 Å². The van der Waals surface area contributed by atoms with Crippen molar-refractivity contribution in [3.05, 3.63) is 29.8 Å². The second-order valence-electron chi connectivity index (χ2n) is 3.29. The van der Waals surface area contributed by atoms with Crippen LogP contribution in [0.4, 0.5) is 0 Å². The van der Waals surface area contributed by atoms with Crippen molar-refractivity contribution in [1.82, 2.24) is 10.7 Å². The Morgan fingerprint density at radius 1 is 1.50 bits per heavy atom. The highest BCUT2D eigenvalue weighted by atomic mass is 32.1. The second kappa shape index (κ2) is 8.09. The number of hydrogen-bond donors (Lipinski definition) is 2. The number of ether oxygens (including phenoxy) is 1. The van der Waals surface area contributed by atoms with Crippen LogP contribution in [0.25, 0.3) is 0 Å². The first-order valence-electron chi connectivity index (χ1n) is 5.49. The van der Waals surface area contributed by atoms with E-state index in [2.05, 4.69) is 21.8 Å². The van der Waals surface area contributed by atoms with Gasteiger partial charge in [0, 0.05) is 6.54 Å². The molecule has 0 radical (unpaired) electrons. The van der Waals surface area contributed by atoms with E-state index in [4.69, 9.17) is 23.4 Å². The Bertz CT molecular complexity index is 448. The molecule has 94 valence electrons. The van der Waals surface area contributed by atoms with E-state index in [1.54, 1.807) is 6.21 Å². The van der Waals surface area contributed by atoms with E-state index in [0.29, 0.717) is 5.11 Å². The van der Waals surface area contributed by atoms with Gasteiger partial charge in [0.1, 0.15) is 12.4 Å². The summed E-state index contributed by atoms with van der Waals surface area (Å²) >= 11 is 4.96. The zero-order chi connectivity index (χ0) is 13.2. The van der Waals surface area contributed by atoms with Gasteiger partial charge in [-0.05, 0) is 49.0 Å². The largest absolute Gasteiger partial charge is 0.481 e. The lowest BCUT2D eigenvalue weighted by atomic mass is 10.2. The molecule has 0 aromatic heterocycles. The smallest absolute Gasteiger partial charge is 0.186 e. The molecule has 1 rings (SSSR count). The van der Waals surface area contributed by atoms with Gasteiger partial charge in [0.25, 0.3) is 0 Å². The Kier molecular flexibility index (Phi) is 6.30. The van der Waals surface area contributed by atoms with E-state index >= 15 is 0 Å². The van der Waals surface area contributed by atoms with Crippen molar-refractivity contribution >= 4 is 23.5 Å². The molecule has 18 heavy (non-hydrogen) atoms. The van der Waals surface area contributed by atoms with E-state index in [9.17, 15) is 0 Å². The maximum Gasteiger partial charge on any atom is 0.186 e. The van der Waals surface area contributed by atoms with Crippen LogP contribution in [0.1, 0.15) is 12.5 Å². The molecular weight excluding hydrogens is 246 g/mol. The van der Waals surface area contributed by atoms with Crippen molar-refractivity contribution in [3.8, 4) is 18.1 Å². The topological polar surface area (TPSA) is 45.6 Å². The minimum atomic E-state index is 0.270. The van der Waals surface area contributed by atoms with Gasteiger partial charge in [-0.2, -0.15) is 5.10 Å². The predicted octanol–water partition coefficient (Wildman–Crippen LogP) is 1.52.